The highest BCUT2D eigenvalue weighted by Crippen LogP contribution is 2.08. The van der Waals surface area contributed by atoms with Gasteiger partial charge < -0.3 is 10.1 Å². The lowest BCUT2D eigenvalue weighted by Crippen LogP contribution is -2.26. The number of nitrogens with one attached hydrogen (secondary N) is 1. The van der Waals surface area contributed by atoms with E-state index in [9.17, 15) is 4.79 Å². The summed E-state index contributed by atoms with van der Waals surface area (Å²) in [6.07, 6.45) is 5.83. The van der Waals surface area contributed by atoms with Gasteiger partial charge in [0.05, 0.1) is 13.0 Å². The Bertz CT molecular complexity index is 529. The highest BCUT2D eigenvalue weighted by atomic mass is 16.5. The van der Waals surface area contributed by atoms with Crippen LogP contribution in [0, 0.1) is 0 Å². The molecule has 0 unspecified atom stereocenters. The van der Waals surface area contributed by atoms with Crippen LogP contribution in [0.5, 0.6) is 5.75 Å². The Kier molecular flexibility index (Phi) is 6.26. The van der Waals surface area contributed by atoms with Crippen molar-refractivity contribution in [2.45, 2.75) is 19.3 Å². The molecule has 1 heterocycles. The minimum absolute atomic E-state index is 0.0251. The molecule has 0 fully saturated rings. The molecule has 4 nitrogen and oxygen atoms in total. The number of carbonyl (C=O) groups is 1. The van der Waals surface area contributed by atoms with E-state index < -0.39 is 0 Å². The van der Waals surface area contributed by atoms with Crippen molar-refractivity contribution in [1.29, 1.82) is 0 Å². The smallest absolute Gasteiger partial charge is 0.223 e. The number of aryl methyl sites for hydroxylation is 1. The number of rotatable bonds is 8. The minimum atomic E-state index is 0.0251. The number of pyridine rings is 1. The zero-order valence-electron chi connectivity index (χ0n) is 12.0. The number of benzene rings is 1. The quantitative estimate of drug-likeness (QED) is 0.758. The summed E-state index contributed by atoms with van der Waals surface area (Å²) in [7, 11) is 0. The van der Waals surface area contributed by atoms with Gasteiger partial charge >= 0.3 is 0 Å². The van der Waals surface area contributed by atoms with E-state index in [1.807, 2.05) is 48.7 Å². The molecule has 0 aliphatic heterocycles. The number of ether oxygens (including phenoxy) is 1. The van der Waals surface area contributed by atoms with Crippen LogP contribution in [-0.4, -0.2) is 24.0 Å². The Labute approximate surface area is 125 Å². The van der Waals surface area contributed by atoms with Crippen LogP contribution in [0.1, 0.15) is 18.4 Å². The molecule has 1 amide bonds. The number of carbonyl (C=O) groups excluding carboxylic acids is 1. The zero-order valence-corrected chi connectivity index (χ0v) is 12.0. The van der Waals surface area contributed by atoms with Crippen molar-refractivity contribution in [2.75, 3.05) is 13.2 Å². The van der Waals surface area contributed by atoms with Crippen molar-refractivity contribution in [2.24, 2.45) is 0 Å². The molecule has 1 aromatic heterocycles. The van der Waals surface area contributed by atoms with Crippen LogP contribution in [0.4, 0.5) is 0 Å². The van der Waals surface area contributed by atoms with Gasteiger partial charge in [-0.05, 0) is 36.6 Å². The fourth-order valence-electron chi connectivity index (χ4n) is 1.93. The van der Waals surface area contributed by atoms with Crippen molar-refractivity contribution >= 4 is 5.91 Å². The van der Waals surface area contributed by atoms with Gasteiger partial charge in [0.15, 0.2) is 0 Å². The fourth-order valence-corrected chi connectivity index (χ4v) is 1.93. The minimum Gasteiger partial charge on any atom is -0.493 e. The number of nitrogens with zero attached hydrogens (tertiary/aromatic N) is 1. The van der Waals surface area contributed by atoms with Gasteiger partial charge in [0, 0.05) is 18.9 Å². The first kappa shape index (κ1) is 15.0. The number of hydrogen-bond donors (Lipinski definition) is 1. The number of aromatic nitrogens is 1. The van der Waals surface area contributed by atoms with E-state index >= 15 is 0 Å². The lowest BCUT2D eigenvalue weighted by atomic mass is 10.1. The summed E-state index contributed by atoms with van der Waals surface area (Å²) in [5.41, 5.74) is 1.19. The number of amides is 1. The lowest BCUT2D eigenvalue weighted by Gasteiger charge is -2.07. The summed E-state index contributed by atoms with van der Waals surface area (Å²) in [6.45, 7) is 1.08. The molecule has 2 aromatic rings. The highest BCUT2D eigenvalue weighted by molar-refractivity contribution is 5.75. The van der Waals surface area contributed by atoms with Crippen molar-refractivity contribution in [3.8, 4) is 5.75 Å². The molecule has 0 spiro atoms. The average Bonchev–Trinajstić information content (AvgIpc) is 2.54. The Hall–Kier alpha value is -2.36. The van der Waals surface area contributed by atoms with E-state index in [2.05, 4.69) is 10.3 Å². The van der Waals surface area contributed by atoms with Crippen LogP contribution < -0.4 is 10.1 Å². The van der Waals surface area contributed by atoms with Crippen LogP contribution in [-0.2, 0) is 11.2 Å². The molecule has 0 atom stereocenters. The molecule has 0 bridgehead atoms. The monoisotopic (exact) mass is 284 g/mol. The van der Waals surface area contributed by atoms with Gasteiger partial charge in [-0.1, -0.05) is 24.3 Å². The Morgan fingerprint density at radius 1 is 1.14 bits per heavy atom. The van der Waals surface area contributed by atoms with Gasteiger partial charge in [-0.15, -0.1) is 0 Å². The maximum absolute atomic E-state index is 11.6. The molecular weight excluding hydrogens is 264 g/mol. The first-order valence-corrected chi connectivity index (χ1v) is 7.18. The largest absolute Gasteiger partial charge is 0.493 e. The molecule has 1 N–H and O–H groups in total. The second-order valence-electron chi connectivity index (χ2n) is 4.73. The van der Waals surface area contributed by atoms with Crippen molar-refractivity contribution < 1.29 is 9.53 Å². The predicted octanol–water partition coefficient (Wildman–Crippen LogP) is 2.60. The Morgan fingerprint density at radius 3 is 2.76 bits per heavy atom. The number of para-hydroxylation sites is 1. The van der Waals surface area contributed by atoms with Crippen LogP contribution in [0.2, 0.25) is 0 Å². The molecule has 0 aliphatic carbocycles. The van der Waals surface area contributed by atoms with Gasteiger partial charge in [-0.3, -0.25) is 9.78 Å². The molecule has 0 aliphatic rings. The molecule has 1 aromatic carbocycles. The SMILES string of the molecule is O=C(CCOc1ccccc1)NCCCc1cccnc1. The van der Waals surface area contributed by atoms with Gasteiger partial charge in [0.2, 0.25) is 5.91 Å². The van der Waals surface area contributed by atoms with Gasteiger partial charge in [0.1, 0.15) is 5.75 Å². The van der Waals surface area contributed by atoms with E-state index in [1.165, 1.54) is 5.56 Å². The van der Waals surface area contributed by atoms with Crippen LogP contribution >= 0.6 is 0 Å². The van der Waals surface area contributed by atoms with E-state index in [0.29, 0.717) is 19.6 Å². The Morgan fingerprint density at radius 2 is 2.00 bits per heavy atom. The van der Waals surface area contributed by atoms with Crippen molar-refractivity contribution in [1.82, 2.24) is 10.3 Å². The first-order valence-electron chi connectivity index (χ1n) is 7.18. The molecule has 21 heavy (non-hydrogen) atoms. The van der Waals surface area contributed by atoms with Crippen molar-refractivity contribution in [3.63, 3.8) is 0 Å². The van der Waals surface area contributed by atoms with Crippen molar-refractivity contribution in [3.05, 3.63) is 60.4 Å². The van der Waals surface area contributed by atoms with Crippen LogP contribution in [0.25, 0.3) is 0 Å². The van der Waals surface area contributed by atoms with E-state index in [4.69, 9.17) is 4.74 Å². The lowest BCUT2D eigenvalue weighted by molar-refractivity contribution is -0.121. The second kappa shape index (κ2) is 8.74. The molecule has 0 radical (unpaired) electrons. The first-order chi connectivity index (χ1) is 10.3. The maximum Gasteiger partial charge on any atom is 0.223 e. The topological polar surface area (TPSA) is 51.2 Å². The summed E-state index contributed by atoms with van der Waals surface area (Å²) >= 11 is 0. The van der Waals surface area contributed by atoms with Gasteiger partial charge in [-0.25, -0.2) is 0 Å². The van der Waals surface area contributed by atoms with Gasteiger partial charge in [-0.2, -0.15) is 0 Å². The predicted molar refractivity (Wildman–Crippen MR) is 82.1 cm³/mol. The third-order valence-electron chi connectivity index (χ3n) is 3.03. The molecule has 4 heteroatoms. The van der Waals surface area contributed by atoms with Gasteiger partial charge in [0.25, 0.3) is 0 Å². The van der Waals surface area contributed by atoms with Crippen LogP contribution in [0.15, 0.2) is 54.9 Å². The summed E-state index contributed by atoms with van der Waals surface area (Å²) in [4.78, 5) is 15.7. The summed E-state index contributed by atoms with van der Waals surface area (Å²) in [5, 5.41) is 2.90. The summed E-state index contributed by atoms with van der Waals surface area (Å²) in [6, 6.07) is 13.5. The second-order valence-corrected chi connectivity index (χ2v) is 4.73. The van der Waals surface area contributed by atoms with E-state index in [0.717, 1.165) is 18.6 Å². The molecule has 0 saturated carbocycles. The molecular formula is C17H20N2O2. The third-order valence-corrected chi connectivity index (χ3v) is 3.03. The normalized spacial score (nSPS) is 10.1. The zero-order chi connectivity index (χ0) is 14.8. The molecule has 110 valence electrons. The average molecular weight is 284 g/mol. The fraction of sp³-hybridized carbons (Fsp3) is 0.294. The van der Waals surface area contributed by atoms with E-state index in [1.54, 1.807) is 6.20 Å². The number of hydrogen-bond acceptors (Lipinski definition) is 3. The maximum atomic E-state index is 11.6. The summed E-state index contributed by atoms with van der Waals surface area (Å²) in [5.74, 6) is 0.819. The van der Waals surface area contributed by atoms with Crippen LogP contribution in [0.3, 0.4) is 0 Å². The standard InChI is InChI=1S/C17H20N2O2/c20-17(10-13-21-16-8-2-1-3-9-16)19-12-5-7-15-6-4-11-18-14-15/h1-4,6,8-9,11,14H,5,7,10,12-13H2,(H,19,20). The molecule has 2 rings (SSSR count). The Balaban J connectivity index is 1.54. The third kappa shape index (κ3) is 6.08. The van der Waals surface area contributed by atoms with E-state index in [-0.39, 0.29) is 5.91 Å². The molecule has 0 saturated heterocycles. The highest BCUT2D eigenvalue weighted by Gasteiger charge is 2.01. The summed E-state index contributed by atoms with van der Waals surface area (Å²) < 4.78 is 5.48.